The lowest BCUT2D eigenvalue weighted by molar-refractivity contribution is 0.200. The molecular weight excluding hydrogens is 481 g/mol. The maximum atomic E-state index is 14.1. The summed E-state index contributed by atoms with van der Waals surface area (Å²) in [5.41, 5.74) is 1.70. The van der Waals surface area contributed by atoms with E-state index in [0.717, 1.165) is 25.3 Å². The van der Waals surface area contributed by atoms with E-state index < -0.39 is 16.8 Å². The molecule has 1 saturated heterocycles. The highest BCUT2D eigenvalue weighted by molar-refractivity contribution is 6.31. The van der Waals surface area contributed by atoms with Crippen LogP contribution in [0.2, 0.25) is 0 Å². The molecule has 5 rings (SSSR count). The van der Waals surface area contributed by atoms with Crippen LogP contribution >= 0.6 is 11.6 Å². The predicted octanol–water partition coefficient (Wildman–Crippen LogP) is 3.29. The van der Waals surface area contributed by atoms with Crippen molar-refractivity contribution < 1.29 is 9.50 Å². The molecular formula is C27H29ClFN5O2. The third-order valence-corrected chi connectivity index (χ3v) is 7.83. The summed E-state index contributed by atoms with van der Waals surface area (Å²) >= 11 is 7.40. The van der Waals surface area contributed by atoms with Crippen molar-refractivity contribution in [2.24, 2.45) is 7.05 Å². The van der Waals surface area contributed by atoms with Crippen LogP contribution in [0.5, 0.6) is 0 Å². The number of aliphatic hydroxyl groups excluding tert-OH is 1. The predicted molar refractivity (Wildman–Crippen MR) is 140 cm³/mol. The van der Waals surface area contributed by atoms with Crippen LogP contribution in [0, 0.1) is 5.82 Å². The van der Waals surface area contributed by atoms with E-state index in [2.05, 4.69) is 28.9 Å². The summed E-state index contributed by atoms with van der Waals surface area (Å²) in [7, 11) is 5.79. The Labute approximate surface area is 214 Å². The molecule has 3 atom stereocenters. The van der Waals surface area contributed by atoms with Crippen molar-refractivity contribution in [2.45, 2.75) is 23.4 Å². The first-order valence-corrected chi connectivity index (χ1v) is 12.3. The second kappa shape index (κ2) is 9.35. The summed E-state index contributed by atoms with van der Waals surface area (Å²) in [6, 6.07) is 10.1. The van der Waals surface area contributed by atoms with E-state index in [0.29, 0.717) is 28.4 Å². The maximum Gasteiger partial charge on any atom is 0.332 e. The summed E-state index contributed by atoms with van der Waals surface area (Å²) in [4.78, 5) is 20.4. The summed E-state index contributed by atoms with van der Waals surface area (Å²) in [6.07, 6.45) is 8.11. The Morgan fingerprint density at radius 3 is 2.67 bits per heavy atom. The number of aromatic nitrogens is 3. The first-order valence-electron chi connectivity index (χ1n) is 11.9. The van der Waals surface area contributed by atoms with Gasteiger partial charge in [0, 0.05) is 44.8 Å². The Hall–Kier alpha value is -3.20. The molecule has 1 aromatic carbocycles. The second-order valence-corrected chi connectivity index (χ2v) is 10.2. The number of nitrogens with zero attached hydrogens (tertiary/aromatic N) is 5. The topological polar surface area (TPSA) is 66.5 Å². The van der Waals surface area contributed by atoms with Crippen LogP contribution in [0.3, 0.4) is 0 Å². The number of alkyl halides is 1. The number of aryl methyl sites for hydroxylation is 1. The highest BCUT2D eigenvalue weighted by atomic mass is 35.5. The first-order chi connectivity index (χ1) is 17.2. The van der Waals surface area contributed by atoms with E-state index in [1.807, 2.05) is 6.07 Å². The number of halogens is 2. The Balaban J connectivity index is 1.63. The zero-order valence-electron chi connectivity index (χ0n) is 20.5. The van der Waals surface area contributed by atoms with Gasteiger partial charge in [-0.3, -0.25) is 4.57 Å². The average Bonchev–Trinajstić information content (AvgIpc) is 3.49. The van der Waals surface area contributed by atoms with Gasteiger partial charge < -0.3 is 19.5 Å². The summed E-state index contributed by atoms with van der Waals surface area (Å²) < 4.78 is 16.9. The Morgan fingerprint density at radius 2 is 2.00 bits per heavy atom. The molecule has 0 saturated carbocycles. The average molecular weight is 510 g/mol. The van der Waals surface area contributed by atoms with E-state index in [1.54, 1.807) is 56.0 Å². The molecule has 2 aliphatic rings. The van der Waals surface area contributed by atoms with Crippen molar-refractivity contribution in [2.75, 3.05) is 32.1 Å². The molecule has 7 nitrogen and oxygen atoms in total. The van der Waals surface area contributed by atoms with Gasteiger partial charge in [-0.05, 0) is 67.6 Å². The number of imidazole rings is 1. The Kier molecular flexibility index (Phi) is 6.36. The number of anilines is 1. The first kappa shape index (κ1) is 24.5. The zero-order chi connectivity index (χ0) is 25.6. The Morgan fingerprint density at radius 1 is 1.19 bits per heavy atom. The number of rotatable bonds is 5. The van der Waals surface area contributed by atoms with Crippen LogP contribution in [0.4, 0.5) is 10.2 Å². The third-order valence-electron chi connectivity index (χ3n) is 7.21. The molecule has 188 valence electrons. The molecule has 3 aromatic rings. The van der Waals surface area contributed by atoms with Crippen molar-refractivity contribution in [3.8, 4) is 0 Å². The molecule has 0 amide bonds. The smallest absolute Gasteiger partial charge is 0.332 e. The largest absolute Gasteiger partial charge is 0.386 e. The van der Waals surface area contributed by atoms with Gasteiger partial charge in [-0.2, -0.15) is 0 Å². The number of aliphatic hydroxyl groups is 1. The van der Waals surface area contributed by atoms with Gasteiger partial charge in [-0.25, -0.2) is 14.2 Å². The molecule has 9 heteroatoms. The second-order valence-electron chi connectivity index (χ2n) is 9.62. The molecule has 1 N–H and O–H groups in total. The van der Waals surface area contributed by atoms with E-state index in [-0.39, 0.29) is 5.69 Å². The van der Waals surface area contributed by atoms with Crippen LogP contribution in [-0.4, -0.2) is 63.5 Å². The van der Waals surface area contributed by atoms with E-state index in [9.17, 15) is 14.3 Å². The fraction of sp³-hybridized carbons (Fsp3) is 0.333. The van der Waals surface area contributed by atoms with Crippen molar-refractivity contribution in [3.63, 3.8) is 0 Å². The van der Waals surface area contributed by atoms with Gasteiger partial charge in [0.05, 0.1) is 5.70 Å². The van der Waals surface area contributed by atoms with Crippen LogP contribution in [0.15, 0.2) is 71.9 Å². The van der Waals surface area contributed by atoms with Gasteiger partial charge in [0.2, 0.25) is 0 Å². The molecule has 3 heterocycles. The molecule has 2 aromatic heterocycles. The van der Waals surface area contributed by atoms with E-state index >= 15 is 0 Å². The monoisotopic (exact) mass is 509 g/mol. The van der Waals surface area contributed by atoms with Crippen molar-refractivity contribution in [3.05, 3.63) is 94.6 Å². The minimum Gasteiger partial charge on any atom is -0.386 e. The van der Waals surface area contributed by atoms with Gasteiger partial charge in [0.1, 0.15) is 22.6 Å². The van der Waals surface area contributed by atoms with Crippen LogP contribution < -0.4 is 10.6 Å². The highest BCUT2D eigenvalue weighted by Gasteiger charge is 2.47. The molecule has 1 fully saturated rings. The van der Waals surface area contributed by atoms with Crippen LogP contribution in [0.25, 0.3) is 11.3 Å². The third kappa shape index (κ3) is 4.09. The van der Waals surface area contributed by atoms with E-state index in [1.165, 1.54) is 21.3 Å². The quantitative estimate of drug-likeness (QED) is 0.535. The van der Waals surface area contributed by atoms with Gasteiger partial charge in [-0.1, -0.05) is 18.2 Å². The standard InChI is InChI=1S/C27H29ClFN5O2/c1-31(2)21-10-12-33(17-21)24-16-19(9-11-30-24)27(28)23(34-14-13-32(3)26(34)36)8-7-22(25(27)35)18-5-4-6-20(29)15-18/h4-9,11,13-16,21,25,35H,10,12,17H2,1-3H3/t21?,25-,27?/m0/s1. The van der Waals surface area contributed by atoms with E-state index in [4.69, 9.17) is 11.6 Å². The van der Waals surface area contributed by atoms with Gasteiger partial charge >= 0.3 is 5.69 Å². The fourth-order valence-corrected chi connectivity index (χ4v) is 5.44. The minimum atomic E-state index is -1.53. The van der Waals surface area contributed by atoms with Gasteiger partial charge in [0.25, 0.3) is 0 Å². The highest BCUT2D eigenvalue weighted by Crippen LogP contribution is 2.49. The van der Waals surface area contributed by atoms with Crippen molar-refractivity contribution in [1.29, 1.82) is 0 Å². The molecule has 0 radical (unpaired) electrons. The summed E-state index contributed by atoms with van der Waals surface area (Å²) in [6.45, 7) is 1.68. The molecule has 1 aliphatic carbocycles. The lowest BCUT2D eigenvalue weighted by Crippen LogP contribution is -2.42. The number of hydrogen-bond acceptors (Lipinski definition) is 5. The molecule has 0 spiro atoms. The lowest BCUT2D eigenvalue weighted by Gasteiger charge is -2.39. The molecule has 36 heavy (non-hydrogen) atoms. The van der Waals surface area contributed by atoms with Crippen LogP contribution in [-0.2, 0) is 11.9 Å². The van der Waals surface area contributed by atoms with Crippen molar-refractivity contribution in [1.82, 2.24) is 19.0 Å². The molecule has 0 bridgehead atoms. The van der Waals surface area contributed by atoms with Gasteiger partial charge in [-0.15, -0.1) is 11.6 Å². The number of allylic oxidation sites excluding steroid dienone is 2. The minimum absolute atomic E-state index is 0.288. The van der Waals surface area contributed by atoms with Crippen LogP contribution in [0.1, 0.15) is 17.5 Å². The number of benzene rings is 1. The van der Waals surface area contributed by atoms with Crippen molar-refractivity contribution >= 4 is 28.7 Å². The Bertz CT molecular complexity index is 1410. The number of hydrogen-bond donors (Lipinski definition) is 1. The normalized spacial score (nSPS) is 24.2. The summed E-state index contributed by atoms with van der Waals surface area (Å²) in [5, 5.41) is 11.8. The van der Waals surface area contributed by atoms with Gasteiger partial charge in [0.15, 0.2) is 0 Å². The molecule has 2 unspecified atom stereocenters. The number of pyridine rings is 1. The lowest BCUT2D eigenvalue weighted by atomic mass is 9.79. The number of likely N-dealkylation sites (N-methyl/N-ethyl adjacent to an activating group) is 1. The maximum absolute atomic E-state index is 14.1. The SMILES string of the molecule is CN(C)C1CCN(c2cc(C3(Cl)C(n4ccn(C)c4=O)=CC=C(c4cccc(F)c4)[C@@H]3O)ccn2)C1. The summed E-state index contributed by atoms with van der Waals surface area (Å²) in [5.74, 6) is 0.344. The molecule has 1 aliphatic heterocycles. The zero-order valence-corrected chi connectivity index (χ0v) is 21.2. The fourth-order valence-electron chi connectivity index (χ4n) is 5.06.